The average Bonchev–Trinajstić information content (AvgIpc) is 2.79. The van der Waals surface area contributed by atoms with Crippen molar-refractivity contribution >= 4 is 46.5 Å². The van der Waals surface area contributed by atoms with E-state index in [1.807, 2.05) is 32.0 Å². The molecule has 1 aliphatic rings. The summed E-state index contributed by atoms with van der Waals surface area (Å²) in [5.74, 6) is -0.107. The number of carbonyl (C=O) groups excluding carboxylic acids is 2. The molecule has 0 heterocycles. The molecule has 34 heavy (non-hydrogen) atoms. The standard InChI is InChI=1S/C26H32FNO5.Mg.2H/c1-19(2)33-25(29)18-31-16-20-11-13-21(14-12-20)17-32-26(30)28(23-8-4-3-5-9-23)24-10-6-7-22(27)15-24;;;/h3-10,15,19-21H,11-14,16-18H2,1-2H3;;;/q;+2;2*-1. The van der Waals surface area contributed by atoms with E-state index >= 15 is 0 Å². The summed E-state index contributed by atoms with van der Waals surface area (Å²) in [6.45, 7) is 4.43. The zero-order valence-electron chi connectivity index (χ0n) is 22.0. The summed E-state index contributed by atoms with van der Waals surface area (Å²) >= 11 is 0. The molecule has 0 N–H and O–H groups in total. The molecule has 2 aromatic rings. The van der Waals surface area contributed by atoms with Crippen molar-refractivity contribution in [1.29, 1.82) is 0 Å². The number of rotatable bonds is 9. The molecule has 0 aromatic heterocycles. The van der Waals surface area contributed by atoms with E-state index in [1.165, 1.54) is 17.0 Å². The van der Waals surface area contributed by atoms with Crippen LogP contribution in [-0.2, 0) is 19.0 Å². The number of ether oxygens (including phenoxy) is 3. The Labute approximate surface area is 219 Å². The van der Waals surface area contributed by atoms with Gasteiger partial charge in [0.15, 0.2) is 0 Å². The van der Waals surface area contributed by atoms with Crippen LogP contribution in [-0.4, -0.2) is 61.0 Å². The number of para-hydroxylation sites is 1. The van der Waals surface area contributed by atoms with E-state index in [0.717, 1.165) is 25.7 Å². The number of amides is 1. The molecule has 2 aromatic carbocycles. The summed E-state index contributed by atoms with van der Waals surface area (Å²) in [6, 6.07) is 15.0. The van der Waals surface area contributed by atoms with Crippen molar-refractivity contribution in [3.63, 3.8) is 0 Å². The Morgan fingerprint density at radius 1 is 0.971 bits per heavy atom. The van der Waals surface area contributed by atoms with E-state index < -0.39 is 11.9 Å². The number of benzene rings is 2. The van der Waals surface area contributed by atoms with E-state index in [4.69, 9.17) is 14.2 Å². The van der Waals surface area contributed by atoms with Crippen LogP contribution in [0.4, 0.5) is 20.6 Å². The van der Waals surface area contributed by atoms with Crippen molar-refractivity contribution in [2.24, 2.45) is 11.8 Å². The van der Waals surface area contributed by atoms with Gasteiger partial charge in [0, 0.05) is 0 Å². The Morgan fingerprint density at radius 3 is 2.21 bits per heavy atom. The minimum absolute atomic E-state index is 0. The van der Waals surface area contributed by atoms with Crippen LogP contribution in [0.15, 0.2) is 54.6 Å². The molecule has 0 unspecified atom stereocenters. The second kappa shape index (κ2) is 14.3. The molecule has 3 rings (SSSR count). The third-order valence-electron chi connectivity index (χ3n) is 5.61. The van der Waals surface area contributed by atoms with Gasteiger partial charge in [-0.25, -0.2) is 18.9 Å². The summed E-state index contributed by atoms with van der Waals surface area (Å²) in [5.41, 5.74) is 1.04. The van der Waals surface area contributed by atoms with Crippen molar-refractivity contribution in [2.75, 3.05) is 24.7 Å². The van der Waals surface area contributed by atoms with E-state index in [0.29, 0.717) is 30.5 Å². The molecule has 1 aliphatic carbocycles. The molecule has 6 nitrogen and oxygen atoms in total. The topological polar surface area (TPSA) is 65.1 Å². The number of nitrogens with zero attached hydrogens (tertiary/aromatic N) is 1. The summed E-state index contributed by atoms with van der Waals surface area (Å²) in [4.78, 5) is 25.9. The second-order valence-corrected chi connectivity index (χ2v) is 8.67. The largest absolute Gasteiger partial charge is 2.00 e. The fourth-order valence-corrected chi connectivity index (χ4v) is 3.98. The minimum Gasteiger partial charge on any atom is -1.00 e. The van der Waals surface area contributed by atoms with Crippen LogP contribution in [0.2, 0.25) is 0 Å². The quantitative estimate of drug-likeness (QED) is 0.337. The van der Waals surface area contributed by atoms with E-state index in [9.17, 15) is 14.0 Å². The first-order valence-electron chi connectivity index (χ1n) is 11.5. The van der Waals surface area contributed by atoms with E-state index in [-0.39, 0.29) is 50.5 Å². The van der Waals surface area contributed by atoms with E-state index in [1.54, 1.807) is 24.3 Å². The number of hydrogen-bond donors (Lipinski definition) is 0. The van der Waals surface area contributed by atoms with Gasteiger partial charge in [-0.2, -0.15) is 0 Å². The number of carbonyl (C=O) groups is 2. The number of hydrogen-bond acceptors (Lipinski definition) is 5. The molecule has 0 saturated heterocycles. The van der Waals surface area contributed by atoms with Crippen molar-refractivity contribution in [3.05, 3.63) is 60.4 Å². The van der Waals surface area contributed by atoms with Crippen LogP contribution in [0.25, 0.3) is 0 Å². The predicted octanol–water partition coefficient (Wildman–Crippen LogP) is 5.72. The molecule has 0 atom stereocenters. The van der Waals surface area contributed by atoms with Crippen LogP contribution < -0.4 is 4.90 Å². The first-order valence-corrected chi connectivity index (χ1v) is 11.5. The second-order valence-electron chi connectivity index (χ2n) is 8.67. The number of esters is 1. The van der Waals surface area contributed by atoms with Gasteiger partial charge in [-0.3, -0.25) is 0 Å². The van der Waals surface area contributed by atoms with Crippen LogP contribution in [0.3, 0.4) is 0 Å². The van der Waals surface area contributed by atoms with Gasteiger partial charge in [-0.1, -0.05) is 24.3 Å². The first-order chi connectivity index (χ1) is 15.9. The van der Waals surface area contributed by atoms with Gasteiger partial charge in [-0.15, -0.1) is 0 Å². The molecule has 1 amide bonds. The van der Waals surface area contributed by atoms with Crippen molar-refractivity contribution in [1.82, 2.24) is 0 Å². The molecule has 0 radical (unpaired) electrons. The summed E-state index contributed by atoms with van der Waals surface area (Å²) < 4.78 is 30.0. The molecule has 0 bridgehead atoms. The maximum atomic E-state index is 13.8. The van der Waals surface area contributed by atoms with Gasteiger partial charge < -0.3 is 17.1 Å². The summed E-state index contributed by atoms with van der Waals surface area (Å²) in [7, 11) is 0. The molecular formula is C26H34FMgNO5. The van der Waals surface area contributed by atoms with Gasteiger partial charge in [0.1, 0.15) is 12.4 Å². The van der Waals surface area contributed by atoms with Crippen molar-refractivity contribution in [2.45, 2.75) is 45.6 Å². The van der Waals surface area contributed by atoms with E-state index in [2.05, 4.69) is 0 Å². The molecule has 8 heteroatoms. The van der Waals surface area contributed by atoms with Gasteiger partial charge in [0.2, 0.25) is 0 Å². The Morgan fingerprint density at radius 2 is 1.59 bits per heavy atom. The first kappa shape index (κ1) is 28.1. The van der Waals surface area contributed by atoms with Crippen LogP contribution in [0.5, 0.6) is 0 Å². The molecule has 0 aliphatic heterocycles. The fourth-order valence-electron chi connectivity index (χ4n) is 3.98. The zero-order valence-corrected chi connectivity index (χ0v) is 21.4. The Balaban J connectivity index is 0.00000408. The van der Waals surface area contributed by atoms with Crippen molar-refractivity contribution < 1.29 is 31.0 Å². The fraction of sp³-hybridized carbons (Fsp3) is 0.462. The minimum atomic E-state index is -0.527. The van der Waals surface area contributed by atoms with Gasteiger partial charge >= 0.3 is 35.1 Å². The Kier molecular flexibility index (Phi) is 11.8. The summed E-state index contributed by atoms with van der Waals surface area (Å²) in [5, 5.41) is 0. The summed E-state index contributed by atoms with van der Waals surface area (Å²) in [6.07, 6.45) is 3.08. The van der Waals surface area contributed by atoms with Crippen molar-refractivity contribution in [3.8, 4) is 0 Å². The Hall–Kier alpha value is -2.16. The SMILES string of the molecule is CC(C)OC(=O)COCC1CCC(COC(=O)N(c2ccccc2)c2cccc(F)c2)CC1.[H-].[H-].[Mg+2]. The third kappa shape index (κ3) is 8.89. The number of anilines is 2. The van der Waals surface area contributed by atoms with Crippen LogP contribution in [0, 0.1) is 17.7 Å². The Bertz CT molecular complexity index is 914. The van der Waals surface area contributed by atoms with Crippen LogP contribution in [0.1, 0.15) is 42.4 Å². The maximum Gasteiger partial charge on any atom is 2.00 e. The predicted molar refractivity (Wildman–Crippen MR) is 132 cm³/mol. The van der Waals surface area contributed by atoms with Gasteiger partial charge in [0.25, 0.3) is 0 Å². The van der Waals surface area contributed by atoms with Gasteiger partial charge in [0.05, 0.1) is 30.7 Å². The van der Waals surface area contributed by atoms with Gasteiger partial charge in [-0.05, 0) is 81.7 Å². The molecule has 1 saturated carbocycles. The van der Waals surface area contributed by atoms with Crippen LogP contribution >= 0.6 is 0 Å². The normalized spacial score (nSPS) is 17.5. The molecule has 0 spiro atoms. The molecular weight excluding hydrogens is 450 g/mol. The third-order valence-corrected chi connectivity index (χ3v) is 5.61. The smallest absolute Gasteiger partial charge is 1.00 e. The molecule has 1 fully saturated rings. The monoisotopic (exact) mass is 483 g/mol. The molecule has 182 valence electrons. The maximum absolute atomic E-state index is 13.8. The zero-order chi connectivity index (χ0) is 23.6. The number of halogens is 1. The average molecular weight is 484 g/mol.